The highest BCUT2D eigenvalue weighted by Gasteiger charge is 2.09. The number of nitrogens with one attached hydrogen (secondary N) is 1. The van der Waals surface area contributed by atoms with Crippen molar-refractivity contribution in [3.8, 4) is 11.3 Å². The Morgan fingerprint density at radius 2 is 2.05 bits per heavy atom. The summed E-state index contributed by atoms with van der Waals surface area (Å²) in [4.78, 5) is 4.35. The molecule has 0 amide bonds. The number of aromatic nitrogens is 2. The van der Waals surface area contributed by atoms with Gasteiger partial charge in [-0.2, -0.15) is 0 Å². The molecule has 0 aliphatic carbocycles. The second kappa shape index (κ2) is 5.47. The zero-order valence-corrected chi connectivity index (χ0v) is 11.9. The summed E-state index contributed by atoms with van der Waals surface area (Å²) >= 11 is 0. The summed E-state index contributed by atoms with van der Waals surface area (Å²) in [5.41, 5.74) is 4.70. The Hall–Kier alpha value is -2.13. The molecule has 1 aromatic carbocycles. The van der Waals surface area contributed by atoms with Crippen LogP contribution in [0, 0.1) is 0 Å². The highest BCUT2D eigenvalue weighted by Crippen LogP contribution is 2.25. The molecular weight excluding hydrogens is 246 g/mol. The van der Waals surface area contributed by atoms with Crippen molar-refractivity contribution in [3.63, 3.8) is 0 Å². The van der Waals surface area contributed by atoms with E-state index < -0.39 is 0 Å². The monoisotopic (exact) mass is 265 g/mol. The molecule has 0 saturated heterocycles. The van der Waals surface area contributed by atoms with Crippen LogP contribution in [0.25, 0.3) is 16.9 Å². The van der Waals surface area contributed by atoms with Crippen LogP contribution in [0.1, 0.15) is 24.9 Å². The molecule has 1 N–H and O–H groups in total. The lowest BCUT2D eigenvalue weighted by molar-refractivity contribution is 0.577. The molecule has 3 nitrogen and oxygen atoms in total. The average Bonchev–Trinajstić information content (AvgIpc) is 2.97. The van der Waals surface area contributed by atoms with Gasteiger partial charge in [0.05, 0.1) is 5.69 Å². The van der Waals surface area contributed by atoms with E-state index in [-0.39, 0.29) is 0 Å². The van der Waals surface area contributed by atoms with Gasteiger partial charge in [0.15, 0.2) is 0 Å². The fourth-order valence-corrected chi connectivity index (χ4v) is 2.70. The van der Waals surface area contributed by atoms with Crippen molar-refractivity contribution in [1.82, 2.24) is 14.7 Å². The van der Waals surface area contributed by atoms with Gasteiger partial charge in [-0.3, -0.25) is 4.40 Å². The first-order valence-electron chi connectivity index (χ1n) is 7.03. The SMILES string of the molecule is CCC(NC)c1cccc(-c2cccc3nccn23)c1. The van der Waals surface area contributed by atoms with E-state index in [1.807, 2.05) is 25.5 Å². The molecule has 0 radical (unpaired) electrons. The van der Waals surface area contributed by atoms with Crippen LogP contribution in [0.2, 0.25) is 0 Å². The molecule has 3 rings (SSSR count). The lowest BCUT2D eigenvalue weighted by Gasteiger charge is -2.15. The van der Waals surface area contributed by atoms with E-state index in [0.717, 1.165) is 12.1 Å². The lowest BCUT2D eigenvalue weighted by Crippen LogP contribution is -2.15. The third-order valence-corrected chi connectivity index (χ3v) is 3.77. The van der Waals surface area contributed by atoms with Crippen molar-refractivity contribution < 1.29 is 0 Å². The number of hydrogen-bond donors (Lipinski definition) is 1. The minimum absolute atomic E-state index is 0.400. The Morgan fingerprint density at radius 3 is 2.85 bits per heavy atom. The topological polar surface area (TPSA) is 29.3 Å². The van der Waals surface area contributed by atoms with Crippen LogP contribution >= 0.6 is 0 Å². The predicted octanol–water partition coefficient (Wildman–Crippen LogP) is 3.67. The molecule has 0 fully saturated rings. The van der Waals surface area contributed by atoms with Crippen LogP contribution in [0.15, 0.2) is 54.9 Å². The van der Waals surface area contributed by atoms with E-state index in [2.05, 4.69) is 58.0 Å². The van der Waals surface area contributed by atoms with Gasteiger partial charge >= 0.3 is 0 Å². The third-order valence-electron chi connectivity index (χ3n) is 3.77. The van der Waals surface area contributed by atoms with Gasteiger partial charge in [0, 0.05) is 18.4 Å². The molecule has 2 aromatic heterocycles. The summed E-state index contributed by atoms with van der Waals surface area (Å²) in [5.74, 6) is 0. The summed E-state index contributed by atoms with van der Waals surface area (Å²) in [5, 5.41) is 3.36. The molecule has 0 aliphatic heterocycles. The zero-order valence-electron chi connectivity index (χ0n) is 11.9. The van der Waals surface area contributed by atoms with E-state index in [4.69, 9.17) is 0 Å². The average molecular weight is 265 g/mol. The van der Waals surface area contributed by atoms with Gasteiger partial charge in [-0.15, -0.1) is 0 Å². The summed E-state index contributed by atoms with van der Waals surface area (Å²) in [6.07, 6.45) is 4.92. The van der Waals surface area contributed by atoms with Crippen LogP contribution in [-0.4, -0.2) is 16.4 Å². The van der Waals surface area contributed by atoms with Crippen molar-refractivity contribution in [3.05, 3.63) is 60.4 Å². The van der Waals surface area contributed by atoms with Gasteiger partial charge < -0.3 is 5.32 Å². The summed E-state index contributed by atoms with van der Waals surface area (Å²) in [6, 6.07) is 15.3. The minimum Gasteiger partial charge on any atom is -0.313 e. The predicted molar refractivity (Wildman–Crippen MR) is 82.7 cm³/mol. The van der Waals surface area contributed by atoms with Crippen molar-refractivity contribution in [1.29, 1.82) is 0 Å². The number of rotatable bonds is 4. The molecular formula is C17H19N3. The highest BCUT2D eigenvalue weighted by molar-refractivity contribution is 5.64. The van der Waals surface area contributed by atoms with E-state index in [1.54, 1.807) is 0 Å². The Kier molecular flexibility index (Phi) is 3.52. The van der Waals surface area contributed by atoms with Gasteiger partial charge in [-0.1, -0.05) is 31.2 Å². The second-order valence-corrected chi connectivity index (χ2v) is 4.94. The first-order chi connectivity index (χ1) is 9.83. The minimum atomic E-state index is 0.400. The van der Waals surface area contributed by atoms with Gasteiger partial charge in [0.1, 0.15) is 5.65 Å². The number of pyridine rings is 1. The molecule has 0 spiro atoms. The molecule has 0 aliphatic rings. The van der Waals surface area contributed by atoms with Crippen molar-refractivity contribution in [2.75, 3.05) is 7.05 Å². The largest absolute Gasteiger partial charge is 0.313 e. The zero-order chi connectivity index (χ0) is 13.9. The fourth-order valence-electron chi connectivity index (χ4n) is 2.70. The maximum atomic E-state index is 4.35. The van der Waals surface area contributed by atoms with Crippen molar-refractivity contribution in [2.24, 2.45) is 0 Å². The maximum Gasteiger partial charge on any atom is 0.137 e. The van der Waals surface area contributed by atoms with Gasteiger partial charge in [-0.25, -0.2) is 4.98 Å². The highest BCUT2D eigenvalue weighted by atomic mass is 15.0. The smallest absolute Gasteiger partial charge is 0.137 e. The van der Waals surface area contributed by atoms with E-state index in [9.17, 15) is 0 Å². The normalized spacial score (nSPS) is 12.7. The van der Waals surface area contributed by atoms with Gasteiger partial charge in [0.25, 0.3) is 0 Å². The number of hydrogen-bond acceptors (Lipinski definition) is 2. The number of nitrogens with zero attached hydrogens (tertiary/aromatic N) is 2. The standard InChI is InChI=1S/C17H19N3/c1-3-15(18-2)13-6-4-7-14(12-13)16-8-5-9-17-19-10-11-20(16)17/h4-12,15,18H,3H2,1-2H3. The summed E-state index contributed by atoms with van der Waals surface area (Å²) in [7, 11) is 2.01. The van der Waals surface area contributed by atoms with Crippen LogP contribution in [0.4, 0.5) is 0 Å². The maximum absolute atomic E-state index is 4.35. The molecule has 3 heteroatoms. The van der Waals surface area contributed by atoms with E-state index in [1.165, 1.54) is 16.8 Å². The first kappa shape index (κ1) is 12.9. The van der Waals surface area contributed by atoms with Crippen LogP contribution in [-0.2, 0) is 0 Å². The van der Waals surface area contributed by atoms with E-state index in [0.29, 0.717) is 6.04 Å². The molecule has 1 atom stereocenters. The lowest BCUT2D eigenvalue weighted by atomic mass is 10.0. The molecule has 0 bridgehead atoms. The summed E-state index contributed by atoms with van der Waals surface area (Å²) in [6.45, 7) is 2.20. The van der Waals surface area contributed by atoms with Gasteiger partial charge in [-0.05, 0) is 42.8 Å². The van der Waals surface area contributed by atoms with Gasteiger partial charge in [0.2, 0.25) is 0 Å². The van der Waals surface area contributed by atoms with Crippen molar-refractivity contribution >= 4 is 5.65 Å². The van der Waals surface area contributed by atoms with Crippen LogP contribution in [0.3, 0.4) is 0 Å². The number of benzene rings is 1. The molecule has 3 aromatic rings. The Balaban J connectivity index is 2.10. The molecule has 20 heavy (non-hydrogen) atoms. The molecule has 102 valence electrons. The van der Waals surface area contributed by atoms with E-state index >= 15 is 0 Å². The summed E-state index contributed by atoms with van der Waals surface area (Å²) < 4.78 is 2.12. The number of fused-ring (bicyclic) bond motifs is 1. The molecule has 2 heterocycles. The van der Waals surface area contributed by atoms with Crippen LogP contribution < -0.4 is 5.32 Å². The fraction of sp³-hybridized carbons (Fsp3) is 0.235. The molecule has 1 unspecified atom stereocenters. The first-order valence-corrected chi connectivity index (χ1v) is 7.03. The Morgan fingerprint density at radius 1 is 1.20 bits per heavy atom. The Labute approximate surface area is 119 Å². The molecule has 0 saturated carbocycles. The Bertz CT molecular complexity index is 711. The number of imidazole rings is 1. The second-order valence-electron chi connectivity index (χ2n) is 4.94. The third kappa shape index (κ3) is 2.21. The van der Waals surface area contributed by atoms with Crippen LogP contribution in [0.5, 0.6) is 0 Å². The van der Waals surface area contributed by atoms with Crippen molar-refractivity contribution in [2.45, 2.75) is 19.4 Å². The quantitative estimate of drug-likeness (QED) is 0.780.